The molecule has 3 nitrogen and oxygen atoms in total. The second kappa shape index (κ2) is 7.80. The van der Waals surface area contributed by atoms with E-state index < -0.39 is 9.84 Å². The van der Waals surface area contributed by atoms with Crippen LogP contribution in [0.1, 0.15) is 45.1 Å². The van der Waals surface area contributed by atoms with Crippen molar-refractivity contribution < 1.29 is 13.2 Å². The van der Waals surface area contributed by atoms with E-state index in [2.05, 4.69) is 0 Å². The van der Waals surface area contributed by atoms with Crippen molar-refractivity contribution in [1.29, 1.82) is 0 Å². The molecule has 0 heterocycles. The van der Waals surface area contributed by atoms with Crippen LogP contribution in [0.2, 0.25) is 5.02 Å². The highest BCUT2D eigenvalue weighted by Gasteiger charge is 2.29. The molecule has 0 radical (unpaired) electrons. The molecule has 0 aromatic heterocycles. The standard InChI is InChI=1S/C18H25ClO3S/c1-13(2)23(21,22)12-15-3-7-16(8-4-15)18(20)11-14-5-9-17(19)10-6-14/h5-6,9-10,13,15-16H,3-4,7-8,11-12H2,1-2H3. The molecule has 0 saturated heterocycles. The van der Waals surface area contributed by atoms with Crippen LogP contribution in [0.15, 0.2) is 24.3 Å². The Morgan fingerprint density at radius 3 is 2.22 bits per heavy atom. The van der Waals surface area contributed by atoms with Gasteiger partial charge in [0.1, 0.15) is 5.78 Å². The van der Waals surface area contributed by atoms with Crippen LogP contribution in [0.25, 0.3) is 0 Å². The zero-order valence-electron chi connectivity index (χ0n) is 13.8. The summed E-state index contributed by atoms with van der Waals surface area (Å²) in [7, 11) is -2.99. The number of Topliss-reactive ketones (excluding diaryl/α,β-unsaturated/α-hetero) is 1. The first-order chi connectivity index (χ1) is 10.8. The second-order valence-electron chi connectivity index (χ2n) is 6.87. The van der Waals surface area contributed by atoms with Crippen molar-refractivity contribution in [2.45, 2.75) is 51.2 Å². The minimum atomic E-state index is -2.99. The van der Waals surface area contributed by atoms with Crippen LogP contribution < -0.4 is 0 Å². The van der Waals surface area contributed by atoms with Crippen LogP contribution in [0.4, 0.5) is 0 Å². The lowest BCUT2D eigenvalue weighted by Crippen LogP contribution is -2.29. The molecule has 0 spiro atoms. The topological polar surface area (TPSA) is 51.2 Å². The molecule has 0 N–H and O–H groups in total. The molecule has 0 bridgehead atoms. The normalized spacial score (nSPS) is 22.3. The number of halogens is 1. The summed E-state index contributed by atoms with van der Waals surface area (Å²) < 4.78 is 24.0. The van der Waals surface area contributed by atoms with Crippen molar-refractivity contribution in [2.24, 2.45) is 11.8 Å². The maximum atomic E-state index is 12.4. The Morgan fingerprint density at radius 1 is 1.13 bits per heavy atom. The van der Waals surface area contributed by atoms with Crippen molar-refractivity contribution in [3.8, 4) is 0 Å². The number of benzene rings is 1. The molecule has 128 valence electrons. The molecule has 0 amide bonds. The first kappa shape index (κ1) is 18.5. The first-order valence-corrected chi connectivity index (χ1v) is 10.4. The van der Waals surface area contributed by atoms with E-state index in [-0.39, 0.29) is 28.6 Å². The molecule has 1 aromatic rings. The second-order valence-corrected chi connectivity index (χ2v) is 9.90. The van der Waals surface area contributed by atoms with Gasteiger partial charge in [-0.1, -0.05) is 23.7 Å². The highest BCUT2D eigenvalue weighted by Crippen LogP contribution is 2.31. The summed E-state index contributed by atoms with van der Waals surface area (Å²) in [5.41, 5.74) is 0.990. The maximum absolute atomic E-state index is 12.4. The van der Waals surface area contributed by atoms with Crippen LogP contribution in [0.3, 0.4) is 0 Å². The average molecular weight is 357 g/mol. The van der Waals surface area contributed by atoms with Gasteiger partial charge in [0.15, 0.2) is 9.84 Å². The van der Waals surface area contributed by atoms with Crippen LogP contribution in [0, 0.1) is 11.8 Å². The average Bonchev–Trinajstić information content (AvgIpc) is 2.49. The number of sulfone groups is 1. The van der Waals surface area contributed by atoms with Gasteiger partial charge >= 0.3 is 0 Å². The van der Waals surface area contributed by atoms with Gasteiger partial charge in [-0.15, -0.1) is 0 Å². The Labute approximate surface area is 144 Å². The smallest absolute Gasteiger partial charge is 0.152 e. The molecule has 0 unspecified atom stereocenters. The highest BCUT2D eigenvalue weighted by atomic mass is 35.5. The Hall–Kier alpha value is -0.870. The zero-order valence-corrected chi connectivity index (χ0v) is 15.4. The molecule has 1 aromatic carbocycles. The number of hydrogen-bond donors (Lipinski definition) is 0. The van der Waals surface area contributed by atoms with Gasteiger partial charge in [0.2, 0.25) is 0 Å². The fraction of sp³-hybridized carbons (Fsp3) is 0.611. The van der Waals surface area contributed by atoms with Crippen molar-refractivity contribution in [3.63, 3.8) is 0 Å². The summed E-state index contributed by atoms with van der Waals surface area (Å²) in [6.07, 6.45) is 3.73. The lowest BCUT2D eigenvalue weighted by atomic mass is 9.79. The van der Waals surface area contributed by atoms with E-state index in [4.69, 9.17) is 11.6 Å². The molecule has 1 fully saturated rings. The molecule has 5 heteroatoms. The van der Waals surface area contributed by atoms with Gasteiger partial charge in [0.05, 0.1) is 11.0 Å². The van der Waals surface area contributed by atoms with Gasteiger partial charge in [0, 0.05) is 17.4 Å². The van der Waals surface area contributed by atoms with Crippen LogP contribution in [-0.4, -0.2) is 25.2 Å². The van der Waals surface area contributed by atoms with E-state index in [1.54, 1.807) is 26.0 Å². The largest absolute Gasteiger partial charge is 0.299 e. The summed E-state index contributed by atoms with van der Waals surface area (Å²) in [4.78, 5) is 12.4. The van der Waals surface area contributed by atoms with E-state index in [1.807, 2.05) is 12.1 Å². The van der Waals surface area contributed by atoms with Crippen LogP contribution >= 0.6 is 11.6 Å². The van der Waals surface area contributed by atoms with Gasteiger partial charge in [-0.2, -0.15) is 0 Å². The van der Waals surface area contributed by atoms with Crippen molar-refractivity contribution in [2.75, 3.05) is 5.75 Å². The number of carbonyl (C=O) groups is 1. The molecule has 0 aliphatic heterocycles. The van der Waals surface area contributed by atoms with Gasteiger partial charge in [-0.05, 0) is 63.1 Å². The molecule has 1 aliphatic rings. The number of rotatable bonds is 6. The van der Waals surface area contributed by atoms with Crippen molar-refractivity contribution in [3.05, 3.63) is 34.9 Å². The van der Waals surface area contributed by atoms with Crippen molar-refractivity contribution >= 4 is 27.2 Å². The van der Waals surface area contributed by atoms with Gasteiger partial charge in [-0.3, -0.25) is 4.79 Å². The summed E-state index contributed by atoms with van der Waals surface area (Å²) in [6, 6.07) is 7.39. The van der Waals surface area contributed by atoms with Gasteiger partial charge in [0.25, 0.3) is 0 Å². The minimum absolute atomic E-state index is 0.0729. The summed E-state index contributed by atoms with van der Waals surface area (Å²) in [5.74, 6) is 0.811. The predicted octanol–water partition coefficient (Wildman–Crippen LogP) is 4.08. The number of ketones is 1. The Kier molecular flexibility index (Phi) is 6.26. The maximum Gasteiger partial charge on any atom is 0.152 e. The third-order valence-electron chi connectivity index (χ3n) is 4.78. The van der Waals surface area contributed by atoms with E-state index in [9.17, 15) is 13.2 Å². The zero-order chi connectivity index (χ0) is 17.0. The third-order valence-corrected chi connectivity index (χ3v) is 7.40. The Morgan fingerprint density at radius 2 is 1.70 bits per heavy atom. The highest BCUT2D eigenvalue weighted by molar-refractivity contribution is 7.91. The van der Waals surface area contributed by atoms with E-state index >= 15 is 0 Å². The van der Waals surface area contributed by atoms with Crippen molar-refractivity contribution in [1.82, 2.24) is 0 Å². The van der Waals surface area contributed by atoms with Gasteiger partial charge in [-0.25, -0.2) is 8.42 Å². The van der Waals surface area contributed by atoms with Crippen LogP contribution in [-0.2, 0) is 21.1 Å². The quantitative estimate of drug-likeness (QED) is 0.771. The van der Waals surface area contributed by atoms with E-state index in [0.29, 0.717) is 11.4 Å². The molecule has 2 rings (SSSR count). The summed E-state index contributed by atoms with van der Waals surface area (Å²) in [6.45, 7) is 3.47. The Bertz CT molecular complexity index is 627. The lowest BCUT2D eigenvalue weighted by molar-refractivity contribution is -0.123. The molecule has 0 atom stereocenters. The summed E-state index contributed by atoms with van der Waals surface area (Å²) in [5, 5.41) is 0.361. The fourth-order valence-corrected chi connectivity index (χ4v) is 4.62. The molecular weight excluding hydrogens is 332 g/mol. The fourth-order valence-electron chi connectivity index (χ4n) is 3.12. The molecular formula is C18H25ClO3S. The van der Waals surface area contributed by atoms with E-state index in [0.717, 1.165) is 31.2 Å². The number of hydrogen-bond acceptors (Lipinski definition) is 3. The SMILES string of the molecule is CC(C)S(=O)(=O)CC1CCC(C(=O)Cc2ccc(Cl)cc2)CC1. The molecule has 23 heavy (non-hydrogen) atoms. The Balaban J connectivity index is 1.84. The van der Waals surface area contributed by atoms with Gasteiger partial charge < -0.3 is 0 Å². The van der Waals surface area contributed by atoms with Crippen LogP contribution in [0.5, 0.6) is 0 Å². The molecule has 1 saturated carbocycles. The first-order valence-electron chi connectivity index (χ1n) is 8.26. The lowest BCUT2D eigenvalue weighted by Gasteiger charge is -2.28. The third kappa shape index (κ3) is 5.32. The monoisotopic (exact) mass is 356 g/mol. The molecule has 1 aliphatic carbocycles. The van der Waals surface area contributed by atoms with E-state index in [1.165, 1.54) is 0 Å². The minimum Gasteiger partial charge on any atom is -0.299 e. The number of carbonyl (C=O) groups excluding carboxylic acids is 1. The summed E-state index contributed by atoms with van der Waals surface area (Å²) >= 11 is 5.85. The predicted molar refractivity (Wildman–Crippen MR) is 94.5 cm³/mol.